The minimum absolute atomic E-state index is 0.0561. The van der Waals surface area contributed by atoms with E-state index in [1.54, 1.807) is 0 Å². The standard InChI is InChI=1S/C21H28O3/c1-21(2,3)24-20(22)13-8-11-7-12(13)17-16(11)18-14-9-4-5-10(6-9)15(14)19(17)23-18/h4-5,9-19H,6-8H2,1-3H3. The molecular weight excluding hydrogens is 300 g/mol. The molecule has 2 heterocycles. The second kappa shape index (κ2) is 4.28. The van der Waals surface area contributed by atoms with E-state index in [9.17, 15) is 4.79 Å². The van der Waals surface area contributed by atoms with E-state index in [-0.39, 0.29) is 17.5 Å². The van der Waals surface area contributed by atoms with Gasteiger partial charge in [0.15, 0.2) is 0 Å². The molecule has 2 aliphatic heterocycles. The smallest absolute Gasteiger partial charge is 0.309 e. The van der Waals surface area contributed by atoms with Crippen LogP contribution in [0, 0.1) is 53.3 Å². The van der Waals surface area contributed by atoms with Crippen LogP contribution in [0.15, 0.2) is 12.2 Å². The van der Waals surface area contributed by atoms with Crippen LogP contribution in [-0.4, -0.2) is 23.8 Å². The van der Waals surface area contributed by atoms with Crippen LogP contribution >= 0.6 is 0 Å². The molecule has 4 aliphatic carbocycles. The number of esters is 1. The SMILES string of the molecule is CC(C)(C)OC(=O)C1CC2CC1C1C3OC(C4C5C=CC(C5)C34)C21. The van der Waals surface area contributed by atoms with E-state index in [1.807, 2.05) is 20.8 Å². The summed E-state index contributed by atoms with van der Waals surface area (Å²) in [5.74, 6) is 5.90. The molecule has 130 valence electrons. The zero-order valence-corrected chi connectivity index (χ0v) is 14.9. The van der Waals surface area contributed by atoms with Crippen molar-refractivity contribution in [1.29, 1.82) is 0 Å². The van der Waals surface area contributed by atoms with Crippen molar-refractivity contribution in [2.75, 3.05) is 0 Å². The molecule has 6 bridgehead atoms. The van der Waals surface area contributed by atoms with Gasteiger partial charge in [-0.15, -0.1) is 0 Å². The highest BCUT2D eigenvalue weighted by Gasteiger charge is 2.73. The Kier molecular flexibility index (Phi) is 2.56. The van der Waals surface area contributed by atoms with E-state index in [1.165, 1.54) is 12.8 Å². The van der Waals surface area contributed by atoms with Crippen LogP contribution in [-0.2, 0) is 14.3 Å². The summed E-state index contributed by atoms with van der Waals surface area (Å²) in [5, 5.41) is 0. The van der Waals surface area contributed by atoms with Crippen molar-refractivity contribution in [2.45, 2.75) is 57.8 Å². The maximum absolute atomic E-state index is 12.7. The van der Waals surface area contributed by atoms with Crippen LogP contribution in [0.3, 0.4) is 0 Å². The second-order valence-corrected chi connectivity index (χ2v) is 10.4. The molecule has 3 heteroatoms. The highest BCUT2D eigenvalue weighted by atomic mass is 16.6. The first-order valence-electron chi connectivity index (χ1n) is 9.99. The number of hydrogen-bond acceptors (Lipinski definition) is 3. The number of fused-ring (bicyclic) bond motifs is 16. The van der Waals surface area contributed by atoms with Gasteiger partial charge in [0.2, 0.25) is 0 Å². The van der Waals surface area contributed by atoms with Crippen LogP contribution in [0.1, 0.15) is 40.0 Å². The Bertz CT molecular complexity index is 631. The first-order chi connectivity index (χ1) is 11.4. The molecule has 6 rings (SSSR count). The lowest BCUT2D eigenvalue weighted by atomic mass is 9.59. The molecule has 24 heavy (non-hydrogen) atoms. The third-order valence-electron chi connectivity index (χ3n) is 8.26. The van der Waals surface area contributed by atoms with Gasteiger partial charge in [-0.2, -0.15) is 0 Å². The fourth-order valence-electron chi connectivity index (χ4n) is 7.93. The average molecular weight is 328 g/mol. The molecule has 2 saturated heterocycles. The van der Waals surface area contributed by atoms with Crippen molar-refractivity contribution in [3.63, 3.8) is 0 Å². The summed E-state index contributed by atoms with van der Waals surface area (Å²) in [6, 6.07) is 0. The average Bonchev–Trinajstić information content (AvgIpc) is 3.27. The predicted molar refractivity (Wildman–Crippen MR) is 88.9 cm³/mol. The molecule has 0 N–H and O–H groups in total. The molecule has 0 radical (unpaired) electrons. The summed E-state index contributed by atoms with van der Waals surface area (Å²) in [7, 11) is 0. The summed E-state index contributed by atoms with van der Waals surface area (Å²) in [6.45, 7) is 5.94. The maximum atomic E-state index is 12.7. The minimum atomic E-state index is -0.371. The Balaban J connectivity index is 1.28. The van der Waals surface area contributed by atoms with E-state index >= 15 is 0 Å². The van der Waals surface area contributed by atoms with Gasteiger partial charge in [-0.3, -0.25) is 4.79 Å². The zero-order valence-electron chi connectivity index (χ0n) is 14.9. The number of allylic oxidation sites excluding steroid dienone is 2. The second-order valence-electron chi connectivity index (χ2n) is 10.4. The number of rotatable bonds is 1. The van der Waals surface area contributed by atoms with Crippen LogP contribution < -0.4 is 0 Å². The highest BCUT2D eigenvalue weighted by Crippen LogP contribution is 2.71. The van der Waals surface area contributed by atoms with Crippen LogP contribution in [0.5, 0.6) is 0 Å². The fourth-order valence-corrected chi connectivity index (χ4v) is 7.93. The lowest BCUT2D eigenvalue weighted by molar-refractivity contribution is -0.163. The zero-order chi connectivity index (χ0) is 16.4. The van der Waals surface area contributed by atoms with Gasteiger partial charge in [-0.1, -0.05) is 12.2 Å². The molecule has 0 aromatic carbocycles. The lowest BCUT2D eigenvalue weighted by Gasteiger charge is -2.42. The summed E-state index contributed by atoms with van der Waals surface area (Å²) in [6.07, 6.45) is 9.54. The Morgan fingerprint density at radius 1 is 0.958 bits per heavy atom. The van der Waals surface area contributed by atoms with Gasteiger partial charge >= 0.3 is 5.97 Å². The fraction of sp³-hybridized carbons (Fsp3) is 0.857. The summed E-state index contributed by atoms with van der Waals surface area (Å²) < 4.78 is 12.4. The summed E-state index contributed by atoms with van der Waals surface area (Å²) >= 11 is 0. The summed E-state index contributed by atoms with van der Waals surface area (Å²) in [4.78, 5) is 12.7. The number of carbonyl (C=O) groups excluding carboxylic acids is 1. The topological polar surface area (TPSA) is 35.5 Å². The summed E-state index contributed by atoms with van der Waals surface area (Å²) in [5.41, 5.74) is -0.371. The molecule has 3 nitrogen and oxygen atoms in total. The highest BCUT2D eigenvalue weighted by molar-refractivity contribution is 5.74. The first-order valence-corrected chi connectivity index (χ1v) is 9.99. The van der Waals surface area contributed by atoms with Crippen LogP contribution in [0.25, 0.3) is 0 Å². The molecule has 11 atom stereocenters. The third kappa shape index (κ3) is 1.61. The van der Waals surface area contributed by atoms with Crippen molar-refractivity contribution in [2.24, 2.45) is 53.3 Å². The Labute approximate surface area is 144 Å². The largest absolute Gasteiger partial charge is 0.460 e. The number of carbonyl (C=O) groups is 1. The van der Waals surface area contributed by atoms with Gasteiger partial charge in [-0.05, 0) is 87.4 Å². The third-order valence-corrected chi connectivity index (χ3v) is 8.26. The molecule has 0 amide bonds. The van der Waals surface area contributed by atoms with Crippen molar-refractivity contribution < 1.29 is 14.3 Å². The van der Waals surface area contributed by atoms with Crippen LogP contribution in [0.2, 0.25) is 0 Å². The van der Waals surface area contributed by atoms with Gasteiger partial charge in [0.1, 0.15) is 5.60 Å². The van der Waals surface area contributed by atoms with E-state index in [0.717, 1.165) is 36.0 Å². The number of ether oxygens (including phenoxy) is 2. The van der Waals surface area contributed by atoms with E-state index in [4.69, 9.17) is 9.47 Å². The minimum Gasteiger partial charge on any atom is -0.460 e. The molecule has 0 aromatic rings. The Morgan fingerprint density at radius 3 is 2.29 bits per heavy atom. The van der Waals surface area contributed by atoms with Crippen molar-refractivity contribution >= 4 is 5.97 Å². The van der Waals surface area contributed by atoms with Gasteiger partial charge in [0.25, 0.3) is 0 Å². The van der Waals surface area contributed by atoms with Crippen LogP contribution in [0.4, 0.5) is 0 Å². The molecule has 0 spiro atoms. The van der Waals surface area contributed by atoms with E-state index in [0.29, 0.717) is 30.0 Å². The van der Waals surface area contributed by atoms with Crippen molar-refractivity contribution in [3.8, 4) is 0 Å². The van der Waals surface area contributed by atoms with E-state index < -0.39 is 0 Å². The molecule has 6 aliphatic rings. The normalized spacial score (nSPS) is 58.4. The number of hydrogen-bond donors (Lipinski definition) is 0. The van der Waals surface area contributed by atoms with E-state index in [2.05, 4.69) is 12.2 Å². The monoisotopic (exact) mass is 328 g/mol. The Morgan fingerprint density at radius 2 is 1.62 bits per heavy atom. The van der Waals surface area contributed by atoms with Crippen molar-refractivity contribution in [3.05, 3.63) is 12.2 Å². The van der Waals surface area contributed by atoms with Crippen molar-refractivity contribution in [1.82, 2.24) is 0 Å². The lowest BCUT2D eigenvalue weighted by Crippen LogP contribution is -2.47. The predicted octanol–water partition coefficient (Wildman–Crippen LogP) is 3.44. The molecule has 11 unspecified atom stereocenters. The quantitative estimate of drug-likeness (QED) is 0.546. The molecule has 0 aromatic heterocycles. The maximum Gasteiger partial charge on any atom is 0.309 e. The van der Waals surface area contributed by atoms with Gasteiger partial charge in [-0.25, -0.2) is 0 Å². The molecular formula is C21H28O3. The van der Waals surface area contributed by atoms with Gasteiger partial charge in [0, 0.05) is 0 Å². The molecule has 3 saturated carbocycles. The molecule has 5 fully saturated rings. The Hall–Kier alpha value is -0.830. The first kappa shape index (κ1) is 14.4. The van der Waals surface area contributed by atoms with Gasteiger partial charge in [0.05, 0.1) is 18.1 Å². The van der Waals surface area contributed by atoms with Gasteiger partial charge < -0.3 is 9.47 Å².